The minimum Gasteiger partial charge on any atom is -0.383 e. The smallest absolute Gasteiger partial charge is 0.168 e. The molecule has 2 fully saturated rings. The Kier molecular flexibility index (Phi) is 4.73. The fourth-order valence-electron chi connectivity index (χ4n) is 4.40. The molecule has 156 valence electrons. The number of rotatable bonds is 3. The molecule has 1 N–H and O–H groups in total. The summed E-state index contributed by atoms with van der Waals surface area (Å²) in [6.07, 6.45) is 2.29. The first-order chi connectivity index (χ1) is 14.5. The summed E-state index contributed by atoms with van der Waals surface area (Å²) in [6.45, 7) is 3.25. The molecule has 5 rings (SSSR count). The molecular weight excluding hydrogens is 383 g/mol. The third-order valence-corrected chi connectivity index (χ3v) is 6.26. The van der Waals surface area contributed by atoms with E-state index in [0.29, 0.717) is 44.6 Å². The Morgan fingerprint density at radius 2 is 1.57 bits per heavy atom. The monoisotopic (exact) mass is 408 g/mol. The van der Waals surface area contributed by atoms with Crippen molar-refractivity contribution in [2.24, 2.45) is 0 Å². The minimum absolute atomic E-state index is 0.284. The zero-order valence-corrected chi connectivity index (χ0v) is 17.0. The van der Waals surface area contributed by atoms with Gasteiger partial charge in [-0.15, -0.1) is 0 Å². The second-order valence-corrected chi connectivity index (χ2v) is 8.31. The maximum absolute atomic E-state index is 13.5. The van der Waals surface area contributed by atoms with Gasteiger partial charge in [-0.1, -0.05) is 17.7 Å². The number of aliphatic hydroxyl groups is 1. The SMILES string of the molecule is Cc1ccc(-n2nc(C3(O)CCC4(CC3)OCCO4)cc2-c2ccc(F)cc2)cc1. The number of hydrogen-bond donors (Lipinski definition) is 1. The Bertz CT molecular complexity index is 964. The van der Waals surface area contributed by atoms with Gasteiger partial charge in [0, 0.05) is 18.4 Å². The Hall–Kier alpha value is -2.54. The highest BCUT2D eigenvalue weighted by molar-refractivity contribution is 5.63. The summed E-state index contributed by atoms with van der Waals surface area (Å²) in [4.78, 5) is 0. The quantitative estimate of drug-likeness (QED) is 0.694. The third kappa shape index (κ3) is 3.45. The van der Waals surface area contributed by atoms with Gasteiger partial charge in [-0.3, -0.25) is 0 Å². The summed E-state index contributed by atoms with van der Waals surface area (Å²) in [5, 5.41) is 16.3. The molecule has 0 radical (unpaired) electrons. The standard InChI is InChI=1S/C24H25FN2O3/c1-17-2-8-20(9-3-17)27-21(18-4-6-19(25)7-5-18)16-22(26-27)23(28)10-12-24(13-11-23)29-14-15-30-24/h2-9,16,28H,10-15H2,1H3. The molecule has 1 aromatic heterocycles. The molecule has 0 bridgehead atoms. The van der Waals surface area contributed by atoms with Gasteiger partial charge in [0.1, 0.15) is 11.4 Å². The van der Waals surface area contributed by atoms with Crippen molar-refractivity contribution in [1.29, 1.82) is 0 Å². The molecule has 1 saturated carbocycles. The van der Waals surface area contributed by atoms with Gasteiger partial charge in [0.15, 0.2) is 5.79 Å². The van der Waals surface area contributed by atoms with Gasteiger partial charge >= 0.3 is 0 Å². The average Bonchev–Trinajstić information content (AvgIpc) is 3.40. The number of nitrogens with zero attached hydrogens (tertiary/aromatic N) is 2. The van der Waals surface area contributed by atoms with E-state index in [1.807, 2.05) is 41.9 Å². The van der Waals surface area contributed by atoms with E-state index in [4.69, 9.17) is 14.6 Å². The highest BCUT2D eigenvalue weighted by Crippen LogP contribution is 2.45. The Morgan fingerprint density at radius 3 is 2.20 bits per heavy atom. The van der Waals surface area contributed by atoms with Crippen LogP contribution in [0.1, 0.15) is 36.9 Å². The van der Waals surface area contributed by atoms with Crippen LogP contribution in [0.25, 0.3) is 16.9 Å². The molecule has 6 heteroatoms. The summed E-state index contributed by atoms with van der Waals surface area (Å²) in [7, 11) is 0. The lowest BCUT2D eigenvalue weighted by Crippen LogP contribution is -2.42. The Balaban J connectivity index is 1.54. The van der Waals surface area contributed by atoms with Crippen LogP contribution in [0.4, 0.5) is 4.39 Å². The molecule has 2 aliphatic rings. The minimum atomic E-state index is -1.05. The van der Waals surface area contributed by atoms with Crippen molar-refractivity contribution in [3.8, 4) is 16.9 Å². The van der Waals surface area contributed by atoms with E-state index in [9.17, 15) is 9.50 Å². The van der Waals surface area contributed by atoms with E-state index >= 15 is 0 Å². The first-order valence-electron chi connectivity index (χ1n) is 10.4. The average molecular weight is 408 g/mol. The molecule has 1 aliphatic carbocycles. The first kappa shape index (κ1) is 19.4. The maximum Gasteiger partial charge on any atom is 0.168 e. The molecule has 1 saturated heterocycles. The van der Waals surface area contributed by atoms with E-state index in [-0.39, 0.29) is 5.82 Å². The van der Waals surface area contributed by atoms with Crippen LogP contribution in [0.5, 0.6) is 0 Å². The highest BCUT2D eigenvalue weighted by Gasteiger charge is 2.47. The van der Waals surface area contributed by atoms with Crippen LogP contribution >= 0.6 is 0 Å². The van der Waals surface area contributed by atoms with Crippen LogP contribution in [0.15, 0.2) is 54.6 Å². The normalized spacial score (nSPS) is 20.0. The summed E-state index contributed by atoms with van der Waals surface area (Å²) in [5.41, 5.74) is 3.28. The molecule has 2 heterocycles. The van der Waals surface area contributed by atoms with Crippen molar-refractivity contribution in [2.75, 3.05) is 13.2 Å². The van der Waals surface area contributed by atoms with Crippen molar-refractivity contribution in [2.45, 2.75) is 44.0 Å². The Morgan fingerprint density at radius 1 is 0.933 bits per heavy atom. The van der Waals surface area contributed by atoms with Crippen LogP contribution in [-0.4, -0.2) is 33.9 Å². The van der Waals surface area contributed by atoms with Crippen molar-refractivity contribution >= 4 is 0 Å². The summed E-state index contributed by atoms with van der Waals surface area (Å²) in [6, 6.07) is 16.3. The van der Waals surface area contributed by atoms with Gasteiger partial charge in [0.2, 0.25) is 0 Å². The molecule has 1 aliphatic heterocycles. The second-order valence-electron chi connectivity index (χ2n) is 8.31. The number of benzene rings is 2. The fourth-order valence-corrected chi connectivity index (χ4v) is 4.40. The van der Waals surface area contributed by atoms with Crippen LogP contribution in [0.2, 0.25) is 0 Å². The van der Waals surface area contributed by atoms with Gasteiger partial charge < -0.3 is 14.6 Å². The van der Waals surface area contributed by atoms with Crippen LogP contribution in [0, 0.1) is 12.7 Å². The fraction of sp³-hybridized carbons (Fsp3) is 0.375. The van der Waals surface area contributed by atoms with Gasteiger partial charge in [0.25, 0.3) is 0 Å². The predicted octanol–water partition coefficient (Wildman–Crippen LogP) is 4.49. The molecular formula is C24H25FN2O3. The zero-order valence-electron chi connectivity index (χ0n) is 17.0. The molecule has 30 heavy (non-hydrogen) atoms. The zero-order chi connectivity index (χ0) is 20.8. The molecule has 0 unspecified atom stereocenters. The van der Waals surface area contributed by atoms with E-state index in [2.05, 4.69) is 0 Å². The lowest BCUT2D eigenvalue weighted by molar-refractivity contribution is -0.204. The van der Waals surface area contributed by atoms with Gasteiger partial charge in [-0.25, -0.2) is 9.07 Å². The number of halogens is 1. The lowest BCUT2D eigenvalue weighted by Gasteiger charge is -2.39. The van der Waals surface area contributed by atoms with Crippen LogP contribution in [-0.2, 0) is 15.1 Å². The maximum atomic E-state index is 13.5. The summed E-state index contributed by atoms with van der Waals surface area (Å²) < 4.78 is 26.9. The number of hydrogen-bond acceptors (Lipinski definition) is 4. The first-order valence-corrected chi connectivity index (χ1v) is 10.4. The summed E-state index contributed by atoms with van der Waals surface area (Å²) >= 11 is 0. The van der Waals surface area contributed by atoms with Crippen LogP contribution in [0.3, 0.4) is 0 Å². The number of aryl methyl sites for hydroxylation is 1. The number of ether oxygens (including phenoxy) is 2. The van der Waals surface area contributed by atoms with Crippen molar-refractivity contribution < 1.29 is 19.0 Å². The van der Waals surface area contributed by atoms with Gasteiger partial charge in [-0.2, -0.15) is 5.10 Å². The lowest BCUT2D eigenvalue weighted by atomic mass is 9.79. The van der Waals surface area contributed by atoms with Crippen molar-refractivity contribution in [3.63, 3.8) is 0 Å². The molecule has 0 amide bonds. The largest absolute Gasteiger partial charge is 0.383 e. The topological polar surface area (TPSA) is 56.5 Å². The van der Waals surface area contributed by atoms with Crippen molar-refractivity contribution in [3.05, 3.63) is 71.7 Å². The molecule has 1 spiro atoms. The van der Waals surface area contributed by atoms with E-state index in [1.54, 1.807) is 12.1 Å². The molecule has 0 atom stereocenters. The summed E-state index contributed by atoms with van der Waals surface area (Å²) in [5.74, 6) is -0.834. The van der Waals surface area contributed by atoms with Gasteiger partial charge in [0.05, 0.1) is 30.3 Å². The van der Waals surface area contributed by atoms with Gasteiger partial charge in [-0.05, 0) is 62.2 Å². The van der Waals surface area contributed by atoms with Crippen molar-refractivity contribution in [1.82, 2.24) is 9.78 Å². The molecule has 2 aromatic carbocycles. The van der Waals surface area contributed by atoms with Crippen LogP contribution < -0.4 is 0 Å². The third-order valence-electron chi connectivity index (χ3n) is 6.26. The van der Waals surface area contributed by atoms with E-state index < -0.39 is 11.4 Å². The molecule has 5 nitrogen and oxygen atoms in total. The van der Waals surface area contributed by atoms with E-state index in [0.717, 1.165) is 22.5 Å². The second kappa shape index (κ2) is 7.30. The number of aromatic nitrogens is 2. The highest BCUT2D eigenvalue weighted by atomic mass is 19.1. The predicted molar refractivity (Wildman–Crippen MR) is 111 cm³/mol. The molecule has 3 aromatic rings. The van der Waals surface area contributed by atoms with E-state index in [1.165, 1.54) is 12.1 Å². The Labute approximate surface area is 175 Å².